The van der Waals surface area contributed by atoms with Crippen molar-refractivity contribution in [2.24, 2.45) is 5.92 Å². The Kier molecular flexibility index (Phi) is 4.41. The van der Waals surface area contributed by atoms with Crippen molar-refractivity contribution in [2.45, 2.75) is 45.1 Å². The Morgan fingerprint density at radius 2 is 2.00 bits per heavy atom. The lowest BCUT2D eigenvalue weighted by atomic mass is 9.79. The van der Waals surface area contributed by atoms with Crippen molar-refractivity contribution in [2.75, 3.05) is 6.54 Å². The first-order valence-electron chi connectivity index (χ1n) is 6.68. The second-order valence-corrected chi connectivity index (χ2v) is 4.95. The van der Waals surface area contributed by atoms with E-state index >= 15 is 0 Å². The Bertz CT molecular complexity index is 290. The molecule has 0 radical (unpaired) electrons. The van der Waals surface area contributed by atoms with Crippen molar-refractivity contribution >= 4 is 0 Å². The Morgan fingerprint density at radius 3 is 2.56 bits per heavy atom. The smallest absolute Gasteiger partial charge is 0.0322 e. The zero-order chi connectivity index (χ0) is 11.2. The first kappa shape index (κ1) is 11.7. The summed E-state index contributed by atoms with van der Waals surface area (Å²) in [7, 11) is 0. The van der Waals surface area contributed by atoms with Gasteiger partial charge in [-0.2, -0.15) is 0 Å². The van der Waals surface area contributed by atoms with Crippen LogP contribution in [0, 0.1) is 5.92 Å². The summed E-state index contributed by atoms with van der Waals surface area (Å²) < 4.78 is 0. The van der Waals surface area contributed by atoms with Crippen molar-refractivity contribution < 1.29 is 0 Å². The molecule has 2 rings (SSSR count). The largest absolute Gasteiger partial charge is 0.310 e. The molecule has 1 aliphatic carbocycles. The molecule has 0 spiro atoms. The van der Waals surface area contributed by atoms with Crippen LogP contribution in [0.1, 0.15) is 50.6 Å². The topological polar surface area (TPSA) is 12.0 Å². The molecule has 0 saturated heterocycles. The summed E-state index contributed by atoms with van der Waals surface area (Å²) in [6, 6.07) is 11.5. The molecular formula is C15H23N. The fraction of sp³-hybridized carbons (Fsp3) is 0.600. The van der Waals surface area contributed by atoms with Gasteiger partial charge in [-0.15, -0.1) is 0 Å². The molecule has 1 nitrogen and oxygen atoms in total. The van der Waals surface area contributed by atoms with Crippen LogP contribution in [0.5, 0.6) is 0 Å². The molecule has 1 saturated carbocycles. The third-order valence-electron chi connectivity index (χ3n) is 3.64. The van der Waals surface area contributed by atoms with Crippen molar-refractivity contribution in [3.05, 3.63) is 35.9 Å². The fourth-order valence-electron chi connectivity index (χ4n) is 2.40. The van der Waals surface area contributed by atoms with Gasteiger partial charge in [0.05, 0.1) is 0 Å². The van der Waals surface area contributed by atoms with Crippen LogP contribution in [0.3, 0.4) is 0 Å². The van der Waals surface area contributed by atoms with Crippen molar-refractivity contribution in [1.82, 2.24) is 5.32 Å². The Morgan fingerprint density at radius 1 is 1.25 bits per heavy atom. The molecule has 1 aromatic rings. The molecule has 1 aliphatic rings. The SMILES string of the molecule is CCCNC(CC1CCC1)c1ccccc1. The van der Waals surface area contributed by atoms with E-state index in [1.807, 2.05) is 0 Å². The van der Waals surface area contributed by atoms with Crippen LogP contribution in [0.25, 0.3) is 0 Å². The number of benzene rings is 1. The van der Waals surface area contributed by atoms with Crippen LogP contribution < -0.4 is 5.32 Å². The molecule has 0 heterocycles. The molecule has 1 aromatic carbocycles. The second kappa shape index (κ2) is 6.05. The second-order valence-electron chi connectivity index (χ2n) is 4.95. The van der Waals surface area contributed by atoms with Gasteiger partial charge in [0.2, 0.25) is 0 Å². The van der Waals surface area contributed by atoms with Gasteiger partial charge in [-0.1, -0.05) is 56.5 Å². The Balaban J connectivity index is 1.95. The molecule has 1 unspecified atom stereocenters. The number of hydrogen-bond donors (Lipinski definition) is 1. The van der Waals surface area contributed by atoms with Crippen molar-refractivity contribution in [1.29, 1.82) is 0 Å². The third-order valence-corrected chi connectivity index (χ3v) is 3.64. The highest BCUT2D eigenvalue weighted by Gasteiger charge is 2.22. The lowest BCUT2D eigenvalue weighted by Gasteiger charge is -2.30. The fourth-order valence-corrected chi connectivity index (χ4v) is 2.40. The van der Waals surface area contributed by atoms with Gasteiger partial charge in [-0.05, 0) is 30.9 Å². The first-order valence-corrected chi connectivity index (χ1v) is 6.68. The van der Waals surface area contributed by atoms with E-state index in [0.29, 0.717) is 6.04 Å². The zero-order valence-corrected chi connectivity index (χ0v) is 10.3. The predicted octanol–water partition coefficient (Wildman–Crippen LogP) is 3.92. The molecule has 88 valence electrons. The molecule has 1 atom stereocenters. The van der Waals surface area contributed by atoms with Crippen LogP contribution in [-0.4, -0.2) is 6.54 Å². The molecule has 0 aromatic heterocycles. The summed E-state index contributed by atoms with van der Waals surface area (Å²) in [5, 5.41) is 3.68. The number of hydrogen-bond acceptors (Lipinski definition) is 1. The van der Waals surface area contributed by atoms with Crippen LogP contribution in [0.4, 0.5) is 0 Å². The molecule has 1 heteroatoms. The van der Waals surface area contributed by atoms with Gasteiger partial charge in [-0.3, -0.25) is 0 Å². The Hall–Kier alpha value is -0.820. The zero-order valence-electron chi connectivity index (χ0n) is 10.3. The molecule has 16 heavy (non-hydrogen) atoms. The maximum atomic E-state index is 3.68. The van der Waals surface area contributed by atoms with Crippen LogP contribution in [0.15, 0.2) is 30.3 Å². The normalized spacial score (nSPS) is 18.1. The van der Waals surface area contributed by atoms with Gasteiger partial charge in [0, 0.05) is 6.04 Å². The standard InChI is InChI=1S/C15H23N/c1-2-11-16-15(12-13-7-6-8-13)14-9-4-3-5-10-14/h3-5,9-10,13,15-16H,2,6-8,11-12H2,1H3. The first-order chi connectivity index (χ1) is 7.90. The van der Waals surface area contributed by atoms with E-state index in [0.717, 1.165) is 12.5 Å². The highest BCUT2D eigenvalue weighted by atomic mass is 14.9. The molecule has 0 bridgehead atoms. The minimum atomic E-state index is 0.575. The summed E-state index contributed by atoms with van der Waals surface area (Å²) in [5.41, 5.74) is 1.46. The van der Waals surface area contributed by atoms with Crippen LogP contribution in [-0.2, 0) is 0 Å². The van der Waals surface area contributed by atoms with Gasteiger partial charge >= 0.3 is 0 Å². The molecule has 1 fully saturated rings. The number of nitrogens with one attached hydrogen (secondary N) is 1. The third kappa shape index (κ3) is 3.08. The summed E-state index contributed by atoms with van der Waals surface area (Å²) in [5.74, 6) is 0.967. The van der Waals surface area contributed by atoms with E-state index in [1.165, 1.54) is 37.7 Å². The van der Waals surface area contributed by atoms with Gasteiger partial charge in [0.15, 0.2) is 0 Å². The van der Waals surface area contributed by atoms with Gasteiger partial charge in [0.1, 0.15) is 0 Å². The Labute approximate surface area is 99.3 Å². The number of rotatable bonds is 6. The maximum Gasteiger partial charge on any atom is 0.0322 e. The van der Waals surface area contributed by atoms with Gasteiger partial charge in [-0.25, -0.2) is 0 Å². The van der Waals surface area contributed by atoms with E-state index < -0.39 is 0 Å². The van der Waals surface area contributed by atoms with E-state index in [4.69, 9.17) is 0 Å². The van der Waals surface area contributed by atoms with E-state index in [1.54, 1.807) is 0 Å². The summed E-state index contributed by atoms with van der Waals surface area (Å²) in [6.07, 6.45) is 6.87. The van der Waals surface area contributed by atoms with Crippen molar-refractivity contribution in [3.63, 3.8) is 0 Å². The quantitative estimate of drug-likeness (QED) is 0.761. The summed E-state index contributed by atoms with van der Waals surface area (Å²) in [6.45, 7) is 3.37. The molecule has 0 amide bonds. The molecule has 0 aliphatic heterocycles. The predicted molar refractivity (Wildman–Crippen MR) is 69.4 cm³/mol. The highest BCUT2D eigenvalue weighted by molar-refractivity contribution is 5.19. The average Bonchev–Trinajstić information content (AvgIpc) is 2.28. The summed E-state index contributed by atoms with van der Waals surface area (Å²) in [4.78, 5) is 0. The monoisotopic (exact) mass is 217 g/mol. The van der Waals surface area contributed by atoms with Gasteiger partial charge < -0.3 is 5.32 Å². The minimum absolute atomic E-state index is 0.575. The average molecular weight is 217 g/mol. The lowest BCUT2D eigenvalue weighted by Crippen LogP contribution is -2.26. The highest BCUT2D eigenvalue weighted by Crippen LogP contribution is 2.34. The summed E-state index contributed by atoms with van der Waals surface area (Å²) >= 11 is 0. The molecule has 1 N–H and O–H groups in total. The van der Waals surface area contributed by atoms with E-state index in [9.17, 15) is 0 Å². The van der Waals surface area contributed by atoms with Crippen molar-refractivity contribution in [3.8, 4) is 0 Å². The molecular weight excluding hydrogens is 194 g/mol. The van der Waals surface area contributed by atoms with Crippen LogP contribution in [0.2, 0.25) is 0 Å². The maximum absolute atomic E-state index is 3.68. The van der Waals surface area contributed by atoms with E-state index in [-0.39, 0.29) is 0 Å². The minimum Gasteiger partial charge on any atom is -0.310 e. The van der Waals surface area contributed by atoms with Crippen LogP contribution >= 0.6 is 0 Å². The lowest BCUT2D eigenvalue weighted by molar-refractivity contribution is 0.261. The van der Waals surface area contributed by atoms with Gasteiger partial charge in [0.25, 0.3) is 0 Å². The van der Waals surface area contributed by atoms with E-state index in [2.05, 4.69) is 42.6 Å².